The van der Waals surface area contributed by atoms with Crippen molar-refractivity contribution in [1.29, 1.82) is 0 Å². The van der Waals surface area contributed by atoms with Crippen LogP contribution in [0.1, 0.15) is 12.5 Å². The van der Waals surface area contributed by atoms with Crippen LogP contribution in [0.4, 0.5) is 0 Å². The zero-order valence-corrected chi connectivity index (χ0v) is 10.7. The molecule has 0 saturated carbocycles. The van der Waals surface area contributed by atoms with Crippen molar-refractivity contribution < 1.29 is 13.5 Å². The molecule has 0 saturated heterocycles. The molecule has 17 heavy (non-hydrogen) atoms. The number of nitrogens with zero attached hydrogens (tertiary/aromatic N) is 1. The van der Waals surface area contributed by atoms with Crippen molar-refractivity contribution >= 4 is 10.0 Å². The third-order valence-electron chi connectivity index (χ3n) is 2.43. The molecule has 0 heterocycles. The van der Waals surface area contributed by atoms with Crippen LogP contribution in [0.25, 0.3) is 0 Å². The van der Waals surface area contributed by atoms with E-state index in [1.807, 2.05) is 0 Å². The summed E-state index contributed by atoms with van der Waals surface area (Å²) in [5, 5.41) is 8.90. The predicted molar refractivity (Wildman–Crippen MR) is 67.0 cm³/mol. The molecule has 1 aromatic rings. The lowest BCUT2D eigenvalue weighted by atomic mass is 10.2. The van der Waals surface area contributed by atoms with Crippen LogP contribution >= 0.6 is 0 Å². The van der Waals surface area contributed by atoms with Gasteiger partial charge in [0.25, 0.3) is 0 Å². The van der Waals surface area contributed by atoms with Gasteiger partial charge in [0.15, 0.2) is 0 Å². The van der Waals surface area contributed by atoms with Gasteiger partial charge in [0.2, 0.25) is 10.0 Å². The van der Waals surface area contributed by atoms with Crippen LogP contribution in [0.5, 0.6) is 0 Å². The second-order valence-electron chi connectivity index (χ2n) is 3.55. The molecule has 1 rings (SSSR count). The molecule has 1 N–H and O–H groups in total. The van der Waals surface area contributed by atoms with E-state index < -0.39 is 10.0 Å². The maximum atomic E-state index is 12.2. The lowest BCUT2D eigenvalue weighted by Gasteiger charge is -2.18. The van der Waals surface area contributed by atoms with Crippen LogP contribution in [0.3, 0.4) is 0 Å². The Labute approximate surface area is 102 Å². The van der Waals surface area contributed by atoms with Gasteiger partial charge in [-0.1, -0.05) is 25.1 Å². The van der Waals surface area contributed by atoms with E-state index in [4.69, 9.17) is 5.11 Å². The van der Waals surface area contributed by atoms with Gasteiger partial charge in [-0.05, 0) is 17.7 Å². The van der Waals surface area contributed by atoms with E-state index in [9.17, 15) is 8.42 Å². The third kappa shape index (κ3) is 3.15. The average molecular weight is 255 g/mol. The number of sulfonamides is 1. The zero-order valence-electron chi connectivity index (χ0n) is 9.83. The molecule has 0 aliphatic rings. The van der Waals surface area contributed by atoms with Gasteiger partial charge < -0.3 is 5.11 Å². The highest BCUT2D eigenvalue weighted by Crippen LogP contribution is 2.16. The molecule has 0 unspecified atom stereocenters. The number of hydrogen-bond donors (Lipinski definition) is 1. The van der Waals surface area contributed by atoms with E-state index in [2.05, 4.69) is 6.58 Å². The minimum Gasteiger partial charge on any atom is -0.392 e. The first-order valence-corrected chi connectivity index (χ1v) is 6.81. The summed E-state index contributed by atoms with van der Waals surface area (Å²) in [5.41, 5.74) is 0.690. The zero-order chi connectivity index (χ0) is 12.9. The van der Waals surface area contributed by atoms with Crippen LogP contribution in [-0.2, 0) is 16.6 Å². The molecule has 0 radical (unpaired) electrons. The first kappa shape index (κ1) is 13.9. The summed E-state index contributed by atoms with van der Waals surface area (Å²) in [6, 6.07) is 6.22. The monoisotopic (exact) mass is 255 g/mol. The largest absolute Gasteiger partial charge is 0.392 e. The Kier molecular flexibility index (Phi) is 4.86. The van der Waals surface area contributed by atoms with Crippen LogP contribution in [0.15, 0.2) is 41.8 Å². The maximum Gasteiger partial charge on any atom is 0.243 e. The Morgan fingerprint density at radius 3 is 2.35 bits per heavy atom. The van der Waals surface area contributed by atoms with Crippen molar-refractivity contribution in [2.75, 3.05) is 13.1 Å². The van der Waals surface area contributed by atoms with Crippen molar-refractivity contribution in [2.24, 2.45) is 0 Å². The van der Waals surface area contributed by atoms with Crippen molar-refractivity contribution in [3.05, 3.63) is 42.5 Å². The van der Waals surface area contributed by atoms with Crippen LogP contribution < -0.4 is 0 Å². The molecule has 4 nitrogen and oxygen atoms in total. The minimum absolute atomic E-state index is 0.0928. The van der Waals surface area contributed by atoms with E-state index in [0.29, 0.717) is 18.7 Å². The van der Waals surface area contributed by atoms with Crippen LogP contribution in [0, 0.1) is 0 Å². The van der Waals surface area contributed by atoms with E-state index in [-0.39, 0.29) is 11.5 Å². The summed E-state index contributed by atoms with van der Waals surface area (Å²) in [4.78, 5) is 0.235. The van der Waals surface area contributed by atoms with E-state index >= 15 is 0 Å². The second-order valence-corrected chi connectivity index (χ2v) is 5.48. The summed E-state index contributed by atoms with van der Waals surface area (Å²) in [5.74, 6) is 0. The minimum atomic E-state index is -3.46. The molecule has 0 amide bonds. The lowest BCUT2D eigenvalue weighted by Crippen LogP contribution is -2.30. The normalized spacial score (nSPS) is 11.7. The quantitative estimate of drug-likeness (QED) is 0.781. The van der Waals surface area contributed by atoms with Crippen molar-refractivity contribution in [3.63, 3.8) is 0 Å². The number of aliphatic hydroxyl groups excluding tert-OH is 1. The predicted octanol–water partition coefficient (Wildman–Crippen LogP) is 1.38. The lowest BCUT2D eigenvalue weighted by molar-refractivity contribution is 0.281. The number of rotatable bonds is 6. The van der Waals surface area contributed by atoms with Gasteiger partial charge in [-0.25, -0.2) is 8.42 Å². The standard InChI is InChI=1S/C12H17NO3S/c1-3-9-13(4-2)17(15,16)12-7-5-11(10-14)6-8-12/h3,5-8,14H,1,4,9-10H2,2H3. The Balaban J connectivity index is 3.06. The molecule has 94 valence electrons. The number of hydrogen-bond acceptors (Lipinski definition) is 3. The van der Waals surface area contributed by atoms with Gasteiger partial charge in [0.05, 0.1) is 11.5 Å². The highest BCUT2D eigenvalue weighted by atomic mass is 32.2. The Hall–Kier alpha value is -1.17. The fourth-order valence-electron chi connectivity index (χ4n) is 1.46. The Bertz CT molecular complexity index is 465. The van der Waals surface area contributed by atoms with Gasteiger partial charge in [-0.2, -0.15) is 4.31 Å². The first-order chi connectivity index (χ1) is 8.06. The first-order valence-electron chi connectivity index (χ1n) is 5.37. The Morgan fingerprint density at radius 1 is 1.35 bits per heavy atom. The van der Waals surface area contributed by atoms with Gasteiger partial charge in [-0.3, -0.25) is 0 Å². The van der Waals surface area contributed by atoms with Crippen molar-refractivity contribution in [3.8, 4) is 0 Å². The fourth-order valence-corrected chi connectivity index (χ4v) is 2.88. The molecule has 0 bridgehead atoms. The molecule has 0 aliphatic heterocycles. The summed E-state index contributed by atoms with van der Waals surface area (Å²) < 4.78 is 25.7. The topological polar surface area (TPSA) is 57.6 Å². The van der Waals surface area contributed by atoms with Crippen LogP contribution in [-0.4, -0.2) is 30.9 Å². The molecule has 5 heteroatoms. The highest BCUT2D eigenvalue weighted by molar-refractivity contribution is 7.89. The van der Waals surface area contributed by atoms with Gasteiger partial charge in [0, 0.05) is 13.1 Å². The Morgan fingerprint density at radius 2 is 1.94 bits per heavy atom. The maximum absolute atomic E-state index is 12.2. The summed E-state index contributed by atoms with van der Waals surface area (Å²) in [6.07, 6.45) is 1.56. The van der Waals surface area contributed by atoms with Crippen molar-refractivity contribution in [1.82, 2.24) is 4.31 Å². The number of likely N-dealkylation sites (N-methyl/N-ethyl adjacent to an activating group) is 1. The fraction of sp³-hybridized carbons (Fsp3) is 0.333. The molecule has 0 spiro atoms. The second kappa shape index (κ2) is 5.95. The summed E-state index contributed by atoms with van der Waals surface area (Å²) in [6.45, 7) is 5.92. The van der Waals surface area contributed by atoms with Crippen molar-refractivity contribution in [2.45, 2.75) is 18.4 Å². The van der Waals surface area contributed by atoms with E-state index in [1.165, 1.54) is 16.4 Å². The third-order valence-corrected chi connectivity index (χ3v) is 4.38. The SMILES string of the molecule is C=CCN(CC)S(=O)(=O)c1ccc(CO)cc1. The molecular weight excluding hydrogens is 238 g/mol. The van der Waals surface area contributed by atoms with Gasteiger partial charge >= 0.3 is 0 Å². The smallest absolute Gasteiger partial charge is 0.243 e. The summed E-state index contributed by atoms with van der Waals surface area (Å²) in [7, 11) is -3.46. The van der Waals surface area contributed by atoms with Gasteiger partial charge in [0.1, 0.15) is 0 Å². The number of benzene rings is 1. The number of aliphatic hydroxyl groups is 1. The molecule has 0 atom stereocenters. The summed E-state index contributed by atoms with van der Waals surface area (Å²) >= 11 is 0. The van der Waals surface area contributed by atoms with E-state index in [0.717, 1.165) is 0 Å². The highest BCUT2D eigenvalue weighted by Gasteiger charge is 2.21. The molecule has 0 fully saturated rings. The molecule has 0 aromatic heterocycles. The van der Waals surface area contributed by atoms with Gasteiger partial charge in [-0.15, -0.1) is 6.58 Å². The average Bonchev–Trinajstić information content (AvgIpc) is 2.35. The molecular formula is C12H17NO3S. The molecule has 1 aromatic carbocycles. The van der Waals surface area contributed by atoms with E-state index in [1.54, 1.807) is 25.1 Å². The molecule has 0 aliphatic carbocycles. The van der Waals surface area contributed by atoms with Crippen LogP contribution in [0.2, 0.25) is 0 Å².